The number of hydrogen-bond acceptors (Lipinski definition) is 6. The van der Waals surface area contributed by atoms with Crippen molar-refractivity contribution in [3.8, 4) is 0 Å². The fraction of sp³-hybridized carbons (Fsp3) is 0.292. The molecular formula is C24H28N4O4S2. The lowest BCUT2D eigenvalue weighted by molar-refractivity contribution is -0.120. The van der Waals surface area contributed by atoms with Gasteiger partial charge >= 0.3 is 0 Å². The van der Waals surface area contributed by atoms with E-state index in [1.807, 2.05) is 31.2 Å². The summed E-state index contributed by atoms with van der Waals surface area (Å²) < 4.78 is 32.2. The van der Waals surface area contributed by atoms with Crippen molar-refractivity contribution >= 4 is 44.8 Å². The van der Waals surface area contributed by atoms with E-state index >= 15 is 0 Å². The number of nitrogens with one attached hydrogen (secondary N) is 3. The monoisotopic (exact) mass is 500 g/mol. The summed E-state index contributed by atoms with van der Waals surface area (Å²) in [7, 11) is -3.82. The molecule has 0 fully saturated rings. The van der Waals surface area contributed by atoms with Gasteiger partial charge in [-0.1, -0.05) is 43.3 Å². The first-order valence-electron chi connectivity index (χ1n) is 10.8. The van der Waals surface area contributed by atoms with E-state index < -0.39 is 10.0 Å². The van der Waals surface area contributed by atoms with Gasteiger partial charge in [-0.15, -0.1) is 0 Å². The van der Waals surface area contributed by atoms with Gasteiger partial charge in [-0.3, -0.25) is 9.52 Å². The molecule has 2 aromatic carbocycles. The summed E-state index contributed by atoms with van der Waals surface area (Å²) >= 11 is 5.25. The second-order valence-corrected chi connectivity index (χ2v) is 10.5. The van der Waals surface area contributed by atoms with Crippen molar-refractivity contribution in [2.75, 3.05) is 10.0 Å². The molecule has 1 unspecified atom stereocenters. The fourth-order valence-corrected chi connectivity index (χ4v) is 4.48. The Hall–Kier alpha value is -3.24. The summed E-state index contributed by atoms with van der Waals surface area (Å²) in [6.07, 6.45) is 0.991. The molecule has 1 aromatic heterocycles. The Morgan fingerprint density at radius 1 is 1.06 bits per heavy atom. The zero-order valence-electron chi connectivity index (χ0n) is 19.5. The first-order chi connectivity index (χ1) is 16.0. The van der Waals surface area contributed by atoms with Crippen LogP contribution in [0.3, 0.4) is 0 Å². The van der Waals surface area contributed by atoms with Crippen molar-refractivity contribution in [3.05, 3.63) is 71.5 Å². The van der Waals surface area contributed by atoms with Gasteiger partial charge in [-0.05, 0) is 73.8 Å². The molecule has 3 N–H and O–H groups in total. The lowest BCUT2D eigenvalue weighted by Crippen LogP contribution is -2.36. The van der Waals surface area contributed by atoms with Crippen molar-refractivity contribution in [2.24, 2.45) is 5.92 Å². The fourth-order valence-electron chi connectivity index (χ4n) is 3.28. The third-order valence-electron chi connectivity index (χ3n) is 5.04. The van der Waals surface area contributed by atoms with Gasteiger partial charge in [-0.25, -0.2) is 8.42 Å². The maximum Gasteiger partial charge on any atom is 0.263 e. The zero-order valence-corrected chi connectivity index (χ0v) is 21.1. The second kappa shape index (κ2) is 10.8. The molecular weight excluding hydrogens is 472 g/mol. The van der Waals surface area contributed by atoms with Crippen molar-refractivity contribution in [1.29, 1.82) is 0 Å². The zero-order chi connectivity index (χ0) is 24.9. The predicted molar refractivity (Wildman–Crippen MR) is 136 cm³/mol. The lowest BCUT2D eigenvalue weighted by atomic mass is 9.96. The predicted octanol–water partition coefficient (Wildman–Crippen LogP) is 4.60. The SMILES string of the molecule is Cc1cc(NS(=O)(=O)c2ccc(NC(=S)NC(=O)C(C)c3ccc(CC(C)C)cc3)cc2)no1. The minimum Gasteiger partial charge on any atom is -0.360 e. The van der Waals surface area contributed by atoms with Crippen molar-refractivity contribution in [2.45, 2.75) is 44.9 Å². The highest BCUT2D eigenvalue weighted by molar-refractivity contribution is 7.92. The average molecular weight is 501 g/mol. The molecule has 0 aliphatic rings. The minimum atomic E-state index is -3.82. The number of nitrogens with zero attached hydrogens (tertiary/aromatic N) is 1. The number of aryl methyl sites for hydroxylation is 1. The van der Waals surface area contributed by atoms with Gasteiger partial charge in [0.15, 0.2) is 10.9 Å². The first-order valence-corrected chi connectivity index (χ1v) is 12.7. The van der Waals surface area contributed by atoms with E-state index in [0.29, 0.717) is 17.4 Å². The summed E-state index contributed by atoms with van der Waals surface area (Å²) in [5, 5.41) is 9.34. The molecule has 1 amide bonds. The number of sulfonamides is 1. The summed E-state index contributed by atoms with van der Waals surface area (Å²) in [6.45, 7) is 7.82. The van der Waals surface area contributed by atoms with Crippen LogP contribution in [0.15, 0.2) is 64.0 Å². The van der Waals surface area contributed by atoms with Gasteiger partial charge in [-0.2, -0.15) is 0 Å². The largest absolute Gasteiger partial charge is 0.360 e. The number of benzene rings is 2. The number of thiocarbonyl (C=S) groups is 1. The Balaban J connectivity index is 1.56. The topological polar surface area (TPSA) is 113 Å². The van der Waals surface area contributed by atoms with Crippen LogP contribution in [0.5, 0.6) is 0 Å². The summed E-state index contributed by atoms with van der Waals surface area (Å²) in [5.41, 5.74) is 2.67. The Labute approximate surface area is 205 Å². The second-order valence-electron chi connectivity index (χ2n) is 8.46. The molecule has 0 aliphatic carbocycles. The van der Waals surface area contributed by atoms with E-state index in [0.717, 1.165) is 12.0 Å². The molecule has 1 atom stereocenters. The molecule has 3 rings (SSSR count). The quantitative estimate of drug-likeness (QED) is 0.387. The number of amides is 1. The smallest absolute Gasteiger partial charge is 0.263 e. The van der Waals surface area contributed by atoms with Crippen molar-refractivity contribution in [3.63, 3.8) is 0 Å². The van der Waals surface area contributed by atoms with Crippen LogP contribution in [0.2, 0.25) is 0 Å². The van der Waals surface area contributed by atoms with E-state index in [1.165, 1.54) is 23.8 Å². The standard InChI is InChI=1S/C24H28N4O4S2/c1-15(2)13-18-5-7-19(8-6-18)17(4)23(29)26-24(33)25-20-9-11-21(12-10-20)34(30,31)28-22-14-16(3)32-27-22/h5-12,14-15,17H,13H2,1-4H3,(H,27,28)(H2,25,26,29,33). The van der Waals surface area contributed by atoms with Crippen LogP contribution in [0.25, 0.3) is 0 Å². The van der Waals surface area contributed by atoms with Crippen LogP contribution in [-0.2, 0) is 21.2 Å². The number of anilines is 2. The summed E-state index contributed by atoms with van der Waals surface area (Å²) in [4.78, 5) is 12.7. The molecule has 0 aliphatic heterocycles. The molecule has 10 heteroatoms. The van der Waals surface area contributed by atoms with E-state index in [-0.39, 0.29) is 27.7 Å². The highest BCUT2D eigenvalue weighted by Crippen LogP contribution is 2.20. The van der Waals surface area contributed by atoms with Gasteiger partial charge in [0.1, 0.15) is 5.76 Å². The Bertz CT molecular complexity index is 1250. The highest BCUT2D eigenvalue weighted by Gasteiger charge is 2.18. The average Bonchev–Trinajstić information content (AvgIpc) is 3.17. The normalized spacial score (nSPS) is 12.3. The molecule has 8 nitrogen and oxygen atoms in total. The van der Waals surface area contributed by atoms with E-state index in [1.54, 1.807) is 19.1 Å². The third kappa shape index (κ3) is 6.88. The molecule has 180 valence electrons. The molecule has 0 spiro atoms. The Morgan fingerprint density at radius 3 is 2.26 bits per heavy atom. The number of carbonyl (C=O) groups is 1. The van der Waals surface area contributed by atoms with E-state index in [4.69, 9.17) is 16.7 Å². The molecule has 0 radical (unpaired) electrons. The van der Waals surface area contributed by atoms with Crippen LogP contribution in [0.4, 0.5) is 11.5 Å². The maximum absolute atomic E-state index is 12.6. The van der Waals surface area contributed by atoms with Gasteiger partial charge in [0.25, 0.3) is 10.0 Å². The van der Waals surface area contributed by atoms with Gasteiger partial charge in [0.2, 0.25) is 5.91 Å². The molecule has 0 bridgehead atoms. The number of carbonyl (C=O) groups excluding carboxylic acids is 1. The number of aromatic nitrogens is 1. The van der Waals surface area contributed by atoms with Gasteiger partial charge < -0.3 is 15.2 Å². The highest BCUT2D eigenvalue weighted by atomic mass is 32.2. The number of rotatable bonds is 8. The van der Waals surface area contributed by atoms with Crippen LogP contribution in [-0.4, -0.2) is 24.6 Å². The van der Waals surface area contributed by atoms with Crippen molar-refractivity contribution in [1.82, 2.24) is 10.5 Å². The molecule has 1 heterocycles. The molecule has 3 aromatic rings. The summed E-state index contributed by atoms with van der Waals surface area (Å²) in [6, 6.07) is 15.4. The van der Waals surface area contributed by atoms with Crippen LogP contribution < -0.4 is 15.4 Å². The Morgan fingerprint density at radius 2 is 1.71 bits per heavy atom. The number of hydrogen-bond donors (Lipinski definition) is 3. The molecule has 0 saturated carbocycles. The van der Waals surface area contributed by atoms with Crippen molar-refractivity contribution < 1.29 is 17.7 Å². The van der Waals surface area contributed by atoms with Crippen LogP contribution >= 0.6 is 12.2 Å². The van der Waals surface area contributed by atoms with Gasteiger partial charge in [0.05, 0.1) is 10.8 Å². The molecule has 0 saturated heterocycles. The van der Waals surface area contributed by atoms with Crippen LogP contribution in [0, 0.1) is 12.8 Å². The Kier molecular flexibility index (Phi) is 8.06. The summed E-state index contributed by atoms with van der Waals surface area (Å²) in [5.74, 6) is 0.544. The lowest BCUT2D eigenvalue weighted by Gasteiger charge is -2.15. The minimum absolute atomic E-state index is 0.0446. The first kappa shape index (κ1) is 25.4. The maximum atomic E-state index is 12.6. The van der Waals surface area contributed by atoms with E-state index in [2.05, 4.69) is 34.4 Å². The van der Waals surface area contributed by atoms with E-state index in [9.17, 15) is 13.2 Å². The van der Waals surface area contributed by atoms with Gasteiger partial charge in [0, 0.05) is 11.8 Å². The third-order valence-corrected chi connectivity index (χ3v) is 6.62. The molecule has 34 heavy (non-hydrogen) atoms. The van der Waals surface area contributed by atoms with Crippen LogP contribution in [0.1, 0.15) is 43.6 Å².